The summed E-state index contributed by atoms with van der Waals surface area (Å²) >= 11 is 1.63. The molecule has 3 aromatic heterocycles. The highest BCUT2D eigenvalue weighted by molar-refractivity contribution is 7.98. The molecule has 7 heteroatoms. The molecular weight excluding hydrogens is 454 g/mol. The van der Waals surface area contributed by atoms with Crippen molar-refractivity contribution >= 4 is 23.3 Å². The van der Waals surface area contributed by atoms with Crippen LogP contribution in [0.5, 0.6) is 0 Å². The number of hydrogen-bond donors (Lipinski definition) is 1. The van der Waals surface area contributed by atoms with E-state index in [0.717, 1.165) is 40.5 Å². The number of thioether (sulfide) groups is 1. The third kappa shape index (κ3) is 5.46. The minimum absolute atomic E-state index is 0.0418. The fourth-order valence-electron chi connectivity index (χ4n) is 4.02. The third-order valence-corrected chi connectivity index (χ3v) is 6.96. The van der Waals surface area contributed by atoms with E-state index in [2.05, 4.69) is 21.6 Å². The molecule has 1 amide bonds. The summed E-state index contributed by atoms with van der Waals surface area (Å²) in [5.74, 6) is 0.663. The molecular formula is C28H27N5OS. The number of nitrogens with zero attached hydrogens (tertiary/aromatic N) is 4. The van der Waals surface area contributed by atoms with Gasteiger partial charge in [-0.1, -0.05) is 36.4 Å². The highest BCUT2D eigenvalue weighted by Gasteiger charge is 2.12. The number of aryl methyl sites for hydroxylation is 2. The van der Waals surface area contributed by atoms with Crippen molar-refractivity contribution in [3.8, 4) is 5.69 Å². The summed E-state index contributed by atoms with van der Waals surface area (Å²) < 4.78 is 3.93. The summed E-state index contributed by atoms with van der Waals surface area (Å²) in [6.45, 7) is 2.64. The van der Waals surface area contributed by atoms with Crippen LogP contribution >= 0.6 is 11.8 Å². The highest BCUT2D eigenvalue weighted by Crippen LogP contribution is 2.26. The molecule has 5 rings (SSSR count). The van der Waals surface area contributed by atoms with Gasteiger partial charge in [0.1, 0.15) is 5.65 Å². The second-order valence-corrected chi connectivity index (χ2v) is 9.38. The zero-order valence-corrected chi connectivity index (χ0v) is 20.4. The van der Waals surface area contributed by atoms with Crippen LogP contribution in [0.4, 0.5) is 0 Å². The van der Waals surface area contributed by atoms with E-state index < -0.39 is 0 Å². The first kappa shape index (κ1) is 22.9. The molecule has 0 atom stereocenters. The van der Waals surface area contributed by atoms with Crippen molar-refractivity contribution in [2.45, 2.75) is 30.4 Å². The number of pyridine rings is 1. The third-order valence-electron chi connectivity index (χ3n) is 5.85. The Morgan fingerprint density at radius 3 is 2.63 bits per heavy atom. The predicted molar refractivity (Wildman–Crippen MR) is 140 cm³/mol. The number of amides is 1. The van der Waals surface area contributed by atoms with Crippen molar-refractivity contribution in [3.05, 3.63) is 114 Å². The Hall–Kier alpha value is -3.84. The fraction of sp³-hybridized carbons (Fsp3) is 0.179. The smallest absolute Gasteiger partial charge is 0.252 e. The highest BCUT2D eigenvalue weighted by atomic mass is 32.2. The Balaban J connectivity index is 1.15. The number of carbonyl (C=O) groups excluding carboxylic acids is 1. The molecule has 35 heavy (non-hydrogen) atoms. The van der Waals surface area contributed by atoms with E-state index in [9.17, 15) is 4.79 Å². The normalized spacial score (nSPS) is 11.1. The van der Waals surface area contributed by atoms with Gasteiger partial charge in [0.2, 0.25) is 0 Å². The van der Waals surface area contributed by atoms with Gasteiger partial charge in [0.15, 0.2) is 0 Å². The molecule has 176 valence electrons. The molecule has 2 aromatic carbocycles. The summed E-state index contributed by atoms with van der Waals surface area (Å²) in [6, 6.07) is 23.8. The molecule has 0 aliphatic heterocycles. The van der Waals surface area contributed by atoms with Gasteiger partial charge in [-0.15, -0.1) is 11.8 Å². The van der Waals surface area contributed by atoms with Crippen molar-refractivity contribution in [3.63, 3.8) is 0 Å². The number of hydrogen-bond acceptors (Lipinski definition) is 4. The maximum absolute atomic E-state index is 12.9. The molecule has 0 radical (unpaired) electrons. The summed E-state index contributed by atoms with van der Waals surface area (Å²) in [5, 5.41) is 7.72. The van der Waals surface area contributed by atoms with Crippen LogP contribution < -0.4 is 5.32 Å². The average molecular weight is 482 g/mol. The molecule has 0 saturated carbocycles. The van der Waals surface area contributed by atoms with Crippen molar-refractivity contribution in [2.75, 3.05) is 6.54 Å². The molecule has 0 aliphatic carbocycles. The first-order chi connectivity index (χ1) is 17.2. The van der Waals surface area contributed by atoms with Crippen molar-refractivity contribution in [1.82, 2.24) is 24.5 Å². The molecule has 6 nitrogen and oxygen atoms in total. The van der Waals surface area contributed by atoms with Crippen LogP contribution in [-0.2, 0) is 12.2 Å². The minimum Gasteiger partial charge on any atom is -0.352 e. The summed E-state index contributed by atoms with van der Waals surface area (Å²) in [7, 11) is 0. The largest absolute Gasteiger partial charge is 0.352 e. The van der Waals surface area contributed by atoms with Crippen LogP contribution in [0.15, 0.2) is 96.3 Å². The number of benzene rings is 2. The first-order valence-corrected chi connectivity index (χ1v) is 12.7. The van der Waals surface area contributed by atoms with Gasteiger partial charge in [0, 0.05) is 35.8 Å². The van der Waals surface area contributed by atoms with Gasteiger partial charge in [-0.25, -0.2) is 9.67 Å². The van der Waals surface area contributed by atoms with Crippen molar-refractivity contribution in [1.29, 1.82) is 0 Å². The Morgan fingerprint density at radius 1 is 0.971 bits per heavy atom. The number of aromatic nitrogens is 4. The maximum Gasteiger partial charge on any atom is 0.252 e. The monoisotopic (exact) mass is 481 g/mol. The van der Waals surface area contributed by atoms with Gasteiger partial charge in [0.05, 0.1) is 22.6 Å². The number of carbonyl (C=O) groups is 1. The Kier molecular flexibility index (Phi) is 6.95. The lowest BCUT2D eigenvalue weighted by atomic mass is 10.1. The number of para-hydroxylation sites is 1. The minimum atomic E-state index is -0.0418. The summed E-state index contributed by atoms with van der Waals surface area (Å²) in [6.07, 6.45) is 7.82. The molecule has 1 N–H and O–H groups in total. The molecule has 3 heterocycles. The Bertz CT molecular complexity index is 1410. The van der Waals surface area contributed by atoms with E-state index in [1.54, 1.807) is 11.8 Å². The van der Waals surface area contributed by atoms with Crippen molar-refractivity contribution in [2.24, 2.45) is 0 Å². The second kappa shape index (κ2) is 10.6. The van der Waals surface area contributed by atoms with Gasteiger partial charge >= 0.3 is 0 Å². The van der Waals surface area contributed by atoms with E-state index >= 15 is 0 Å². The first-order valence-electron chi connectivity index (χ1n) is 11.7. The van der Waals surface area contributed by atoms with Gasteiger partial charge in [-0.2, -0.15) is 5.10 Å². The van der Waals surface area contributed by atoms with E-state index in [0.29, 0.717) is 17.9 Å². The maximum atomic E-state index is 12.9. The van der Waals surface area contributed by atoms with Gasteiger partial charge < -0.3 is 9.72 Å². The van der Waals surface area contributed by atoms with E-state index in [-0.39, 0.29) is 5.91 Å². The standard InChI is InChI=1S/C28H27N5OS/c1-21-22(18-33(31-21)24-11-3-2-4-12-24)10-9-16-29-28(34)25-13-5-6-14-26(25)35-20-23-19-32-17-8-7-15-27(32)30-23/h2-8,11-15,17-19H,9-10,16,20H2,1H3,(H,29,34). The Morgan fingerprint density at radius 2 is 1.77 bits per heavy atom. The predicted octanol–water partition coefficient (Wildman–Crippen LogP) is 5.48. The van der Waals surface area contributed by atoms with Crippen LogP contribution in [0.2, 0.25) is 0 Å². The molecule has 0 spiro atoms. The van der Waals surface area contributed by atoms with Crippen LogP contribution in [0, 0.1) is 6.92 Å². The van der Waals surface area contributed by atoms with E-state index in [1.165, 1.54) is 5.56 Å². The zero-order valence-electron chi connectivity index (χ0n) is 19.6. The number of rotatable bonds is 9. The fourth-order valence-corrected chi connectivity index (χ4v) is 4.95. The van der Waals surface area contributed by atoms with Gasteiger partial charge in [0.25, 0.3) is 5.91 Å². The number of fused-ring (bicyclic) bond motifs is 1. The Labute approximate surface area is 209 Å². The van der Waals surface area contributed by atoms with Crippen LogP contribution in [0.25, 0.3) is 11.3 Å². The quantitative estimate of drug-likeness (QED) is 0.224. The van der Waals surface area contributed by atoms with E-state index in [4.69, 9.17) is 0 Å². The van der Waals surface area contributed by atoms with Gasteiger partial charge in [-0.05, 0) is 61.7 Å². The molecule has 0 saturated heterocycles. The van der Waals surface area contributed by atoms with Gasteiger partial charge in [-0.3, -0.25) is 4.79 Å². The van der Waals surface area contributed by atoms with Crippen LogP contribution in [0.3, 0.4) is 0 Å². The molecule has 0 bridgehead atoms. The lowest BCUT2D eigenvalue weighted by molar-refractivity contribution is 0.0950. The summed E-state index contributed by atoms with van der Waals surface area (Å²) in [4.78, 5) is 18.5. The average Bonchev–Trinajstić information content (AvgIpc) is 3.49. The van der Waals surface area contributed by atoms with E-state index in [1.807, 2.05) is 101 Å². The lowest BCUT2D eigenvalue weighted by Crippen LogP contribution is -2.25. The summed E-state index contributed by atoms with van der Waals surface area (Å²) in [5.41, 5.74) is 5.89. The van der Waals surface area contributed by atoms with Crippen LogP contribution in [0.1, 0.15) is 33.7 Å². The van der Waals surface area contributed by atoms with Crippen molar-refractivity contribution < 1.29 is 4.79 Å². The SMILES string of the molecule is Cc1nn(-c2ccccc2)cc1CCCNC(=O)c1ccccc1SCc1cn2ccccc2n1. The molecule has 0 aliphatic rings. The number of imidazole rings is 1. The molecule has 5 aromatic rings. The molecule has 0 unspecified atom stereocenters. The number of nitrogens with one attached hydrogen (secondary N) is 1. The zero-order chi connectivity index (χ0) is 24.0. The second-order valence-electron chi connectivity index (χ2n) is 8.36. The topological polar surface area (TPSA) is 64.2 Å². The van der Waals surface area contributed by atoms with Crippen LogP contribution in [-0.4, -0.2) is 31.6 Å². The lowest BCUT2D eigenvalue weighted by Gasteiger charge is -2.09. The molecule has 0 fully saturated rings.